The van der Waals surface area contributed by atoms with E-state index in [1.807, 2.05) is 30.3 Å². The van der Waals surface area contributed by atoms with Crippen molar-refractivity contribution in [3.05, 3.63) is 42.9 Å². The fourth-order valence-corrected chi connectivity index (χ4v) is 4.31. The van der Waals surface area contributed by atoms with Gasteiger partial charge in [0, 0.05) is 25.2 Å². The smallest absolute Gasteiger partial charge is 0.235 e. The molecule has 2 heterocycles. The van der Waals surface area contributed by atoms with Crippen molar-refractivity contribution in [1.29, 1.82) is 0 Å². The summed E-state index contributed by atoms with van der Waals surface area (Å²) in [4.78, 5) is 8.16. The van der Waals surface area contributed by atoms with Crippen molar-refractivity contribution >= 4 is 15.7 Å². The summed E-state index contributed by atoms with van der Waals surface area (Å²) >= 11 is 0. The summed E-state index contributed by atoms with van der Waals surface area (Å²) < 4.78 is 38.6. The number of hydrogen-bond donors (Lipinski definition) is 1. The lowest BCUT2D eigenvalue weighted by atomic mass is 10.0. The molecule has 0 bridgehead atoms. The lowest BCUT2D eigenvalue weighted by Crippen LogP contribution is -2.34. The maximum atomic E-state index is 12.6. The van der Waals surface area contributed by atoms with Gasteiger partial charge in [-0.05, 0) is 6.42 Å². The number of ether oxygens (including phenoxy) is 2. The van der Waals surface area contributed by atoms with Crippen LogP contribution in [0.5, 0.6) is 0 Å². The number of sulfonamides is 1. The number of nitrogens with one attached hydrogen (secondary N) is 1. The Hall–Kier alpha value is -2.03. The van der Waals surface area contributed by atoms with Crippen molar-refractivity contribution in [3.8, 4) is 11.3 Å². The highest BCUT2D eigenvalue weighted by atomic mass is 32.2. The van der Waals surface area contributed by atoms with E-state index in [4.69, 9.17) is 9.47 Å². The summed E-state index contributed by atoms with van der Waals surface area (Å²) in [6.45, 7) is 1.17. The fraction of sp³-hybridized carbons (Fsp3) is 0.412. The van der Waals surface area contributed by atoms with Crippen LogP contribution in [0.15, 0.2) is 42.9 Å². The Morgan fingerprint density at radius 1 is 1.36 bits per heavy atom. The zero-order valence-corrected chi connectivity index (χ0v) is 14.8. The average Bonchev–Trinajstić information content (AvgIpc) is 3.15. The van der Waals surface area contributed by atoms with Gasteiger partial charge in [0.05, 0.1) is 36.0 Å². The molecule has 1 aliphatic heterocycles. The number of benzene rings is 1. The van der Waals surface area contributed by atoms with Gasteiger partial charge in [-0.2, -0.15) is 0 Å². The summed E-state index contributed by atoms with van der Waals surface area (Å²) in [6, 6.07) is 9.37. The third kappa shape index (κ3) is 4.53. The molecule has 0 radical (unpaired) electrons. The van der Waals surface area contributed by atoms with Gasteiger partial charge in [0.25, 0.3) is 0 Å². The fourth-order valence-electron chi connectivity index (χ4n) is 2.90. The van der Waals surface area contributed by atoms with E-state index in [9.17, 15) is 8.42 Å². The first-order valence-electron chi connectivity index (χ1n) is 8.05. The minimum Gasteiger partial charge on any atom is -0.381 e. The van der Waals surface area contributed by atoms with E-state index in [0.717, 1.165) is 12.0 Å². The van der Waals surface area contributed by atoms with Crippen LogP contribution >= 0.6 is 0 Å². The van der Waals surface area contributed by atoms with Gasteiger partial charge in [-0.1, -0.05) is 30.3 Å². The molecule has 3 rings (SSSR count). The molecule has 1 aromatic heterocycles. The first-order valence-corrected chi connectivity index (χ1v) is 9.71. The number of anilines is 1. The van der Waals surface area contributed by atoms with Crippen LogP contribution in [-0.2, 0) is 19.5 Å². The van der Waals surface area contributed by atoms with Gasteiger partial charge in [-0.25, -0.2) is 18.4 Å². The number of nitrogens with zero attached hydrogens (tertiary/aromatic N) is 2. The third-order valence-electron chi connectivity index (χ3n) is 4.20. The van der Waals surface area contributed by atoms with Crippen molar-refractivity contribution in [2.24, 2.45) is 5.92 Å². The van der Waals surface area contributed by atoms with Crippen LogP contribution in [0.3, 0.4) is 0 Å². The Bertz CT molecular complexity index is 793. The minimum absolute atomic E-state index is 0.0854. The molecule has 1 N–H and O–H groups in total. The molecule has 1 aliphatic rings. The van der Waals surface area contributed by atoms with E-state index in [2.05, 4.69) is 14.7 Å². The summed E-state index contributed by atoms with van der Waals surface area (Å²) in [7, 11) is -2.10. The largest absolute Gasteiger partial charge is 0.381 e. The number of hydrogen-bond acceptors (Lipinski definition) is 6. The molecule has 0 amide bonds. The quantitative estimate of drug-likeness (QED) is 0.808. The SMILES string of the molecule is COC(CS(=O)(=O)Nc1cncnc1-c1ccccc1)C1CCOC1. The first-order chi connectivity index (χ1) is 12.1. The van der Waals surface area contributed by atoms with Crippen molar-refractivity contribution < 1.29 is 17.9 Å². The number of methoxy groups -OCH3 is 1. The molecule has 0 spiro atoms. The van der Waals surface area contributed by atoms with Crippen LogP contribution in [0.2, 0.25) is 0 Å². The van der Waals surface area contributed by atoms with Crippen molar-refractivity contribution in [2.45, 2.75) is 12.5 Å². The molecule has 2 atom stereocenters. The van der Waals surface area contributed by atoms with Gasteiger partial charge in [-0.15, -0.1) is 0 Å². The molecule has 1 aromatic carbocycles. The standard InChI is InChI=1S/C17H21N3O4S/c1-23-16(14-7-8-24-10-14)11-25(21,22)20-15-9-18-12-19-17(15)13-5-3-2-4-6-13/h2-6,9,12,14,16,20H,7-8,10-11H2,1H3. The summed E-state index contributed by atoms with van der Waals surface area (Å²) in [5, 5.41) is 0. The molecule has 25 heavy (non-hydrogen) atoms. The van der Waals surface area contributed by atoms with Crippen LogP contribution in [0.1, 0.15) is 6.42 Å². The molecule has 0 aliphatic carbocycles. The maximum absolute atomic E-state index is 12.6. The van der Waals surface area contributed by atoms with Gasteiger partial charge in [0.1, 0.15) is 6.33 Å². The second-order valence-electron chi connectivity index (χ2n) is 5.93. The predicted molar refractivity (Wildman–Crippen MR) is 94.6 cm³/mol. The van der Waals surface area contributed by atoms with E-state index < -0.39 is 16.1 Å². The molecule has 134 valence electrons. The summed E-state index contributed by atoms with van der Waals surface area (Å²) in [6.07, 6.45) is 3.25. The van der Waals surface area contributed by atoms with Gasteiger partial charge >= 0.3 is 0 Å². The normalized spacial score (nSPS) is 18.8. The minimum atomic E-state index is -3.62. The van der Waals surface area contributed by atoms with Crippen LogP contribution < -0.4 is 4.72 Å². The van der Waals surface area contributed by atoms with E-state index in [1.54, 1.807) is 0 Å². The predicted octanol–water partition coefficient (Wildman–Crippen LogP) is 1.94. The zero-order chi connectivity index (χ0) is 17.7. The van der Waals surface area contributed by atoms with Crippen LogP contribution in [0.25, 0.3) is 11.3 Å². The van der Waals surface area contributed by atoms with Gasteiger partial charge in [0.2, 0.25) is 10.0 Å². The molecule has 2 aromatic rings. The van der Waals surface area contributed by atoms with Crippen LogP contribution in [0, 0.1) is 5.92 Å². The first kappa shape index (κ1) is 17.8. The number of aromatic nitrogens is 2. The van der Waals surface area contributed by atoms with Crippen molar-refractivity contribution in [2.75, 3.05) is 30.8 Å². The third-order valence-corrected chi connectivity index (χ3v) is 5.50. The lowest BCUT2D eigenvalue weighted by Gasteiger charge is -2.21. The van der Waals surface area contributed by atoms with Gasteiger partial charge in [-0.3, -0.25) is 4.72 Å². The molecular formula is C17H21N3O4S. The number of rotatable bonds is 7. The van der Waals surface area contributed by atoms with Gasteiger partial charge in [0.15, 0.2) is 0 Å². The Morgan fingerprint density at radius 3 is 2.84 bits per heavy atom. The maximum Gasteiger partial charge on any atom is 0.235 e. The van der Waals surface area contributed by atoms with E-state index in [1.165, 1.54) is 19.6 Å². The average molecular weight is 363 g/mol. The van der Waals surface area contributed by atoms with Crippen molar-refractivity contribution in [3.63, 3.8) is 0 Å². The Morgan fingerprint density at radius 2 is 2.16 bits per heavy atom. The molecule has 7 nitrogen and oxygen atoms in total. The topological polar surface area (TPSA) is 90.4 Å². The second kappa shape index (κ2) is 7.90. The Kier molecular flexibility index (Phi) is 5.62. The summed E-state index contributed by atoms with van der Waals surface area (Å²) in [5.41, 5.74) is 1.71. The lowest BCUT2D eigenvalue weighted by molar-refractivity contribution is 0.0612. The van der Waals surface area contributed by atoms with Crippen LogP contribution in [-0.4, -0.2) is 50.6 Å². The summed E-state index contributed by atoms with van der Waals surface area (Å²) in [5.74, 6) is -0.0529. The van der Waals surface area contributed by atoms with Gasteiger partial charge < -0.3 is 9.47 Å². The highest BCUT2D eigenvalue weighted by molar-refractivity contribution is 7.92. The van der Waals surface area contributed by atoms with E-state index in [-0.39, 0.29) is 11.7 Å². The van der Waals surface area contributed by atoms with Crippen molar-refractivity contribution in [1.82, 2.24) is 9.97 Å². The molecule has 1 fully saturated rings. The molecule has 1 saturated heterocycles. The molecular weight excluding hydrogens is 342 g/mol. The molecule has 8 heteroatoms. The van der Waals surface area contributed by atoms with E-state index in [0.29, 0.717) is 24.6 Å². The highest BCUT2D eigenvalue weighted by Crippen LogP contribution is 2.26. The second-order valence-corrected chi connectivity index (χ2v) is 7.70. The zero-order valence-electron chi connectivity index (χ0n) is 14.0. The monoisotopic (exact) mass is 363 g/mol. The Labute approximate surface area is 147 Å². The van der Waals surface area contributed by atoms with Crippen LogP contribution in [0.4, 0.5) is 5.69 Å². The molecule has 2 unspecified atom stereocenters. The molecule has 0 saturated carbocycles. The Balaban J connectivity index is 1.79. The van der Waals surface area contributed by atoms with E-state index >= 15 is 0 Å². The highest BCUT2D eigenvalue weighted by Gasteiger charge is 2.30.